The molecular weight excluding hydrogens is 367 g/mol. The van der Waals surface area contributed by atoms with E-state index in [-0.39, 0.29) is 16.5 Å². The van der Waals surface area contributed by atoms with Crippen LogP contribution in [0, 0.1) is 5.82 Å². The molecular formula is C21H19FO4S. The predicted octanol–water partition coefficient (Wildman–Crippen LogP) is 4.01. The summed E-state index contributed by atoms with van der Waals surface area (Å²) in [7, 11) is -3.31. The maximum absolute atomic E-state index is 13.4. The van der Waals surface area contributed by atoms with E-state index in [0.717, 1.165) is 19.1 Å². The van der Waals surface area contributed by atoms with Gasteiger partial charge >= 0.3 is 0 Å². The molecule has 1 aliphatic heterocycles. The standard InChI is InChI=1S/C21H19FO4S/c1-27(24,25)17-10-6-15(7-11-17)19-18(14-4-8-16(22)9-5-14)20(23)21(26-19)12-2-3-13-21/h4-11H,2-3,12-13H2,1H3. The van der Waals surface area contributed by atoms with E-state index in [2.05, 4.69) is 0 Å². The van der Waals surface area contributed by atoms with Crippen molar-refractivity contribution >= 4 is 27.0 Å². The van der Waals surface area contributed by atoms with Gasteiger partial charge in [-0.3, -0.25) is 4.79 Å². The van der Waals surface area contributed by atoms with Gasteiger partial charge in [-0.05, 0) is 67.6 Å². The zero-order valence-corrected chi connectivity index (χ0v) is 15.7. The Morgan fingerprint density at radius 1 is 0.926 bits per heavy atom. The molecule has 0 N–H and O–H groups in total. The maximum Gasteiger partial charge on any atom is 0.210 e. The number of Topliss-reactive ketones (excluding diaryl/α,β-unsaturated/α-hetero) is 1. The summed E-state index contributed by atoms with van der Waals surface area (Å²) >= 11 is 0. The van der Waals surface area contributed by atoms with Crippen LogP contribution >= 0.6 is 0 Å². The van der Waals surface area contributed by atoms with Crippen LogP contribution in [0.25, 0.3) is 11.3 Å². The van der Waals surface area contributed by atoms with Crippen molar-refractivity contribution in [1.82, 2.24) is 0 Å². The largest absolute Gasteiger partial charge is 0.478 e. The van der Waals surface area contributed by atoms with Crippen LogP contribution in [0.5, 0.6) is 0 Å². The lowest BCUT2D eigenvalue weighted by Crippen LogP contribution is -2.33. The Hall–Kier alpha value is -2.47. The Labute approximate surface area is 157 Å². The average molecular weight is 386 g/mol. The van der Waals surface area contributed by atoms with Crippen molar-refractivity contribution in [3.63, 3.8) is 0 Å². The minimum Gasteiger partial charge on any atom is -0.478 e. The molecule has 2 aliphatic rings. The normalized spacial score (nSPS) is 19.0. The molecule has 1 heterocycles. The molecule has 27 heavy (non-hydrogen) atoms. The van der Waals surface area contributed by atoms with Gasteiger partial charge in [0.15, 0.2) is 15.4 Å². The van der Waals surface area contributed by atoms with Gasteiger partial charge in [0.25, 0.3) is 0 Å². The summed E-state index contributed by atoms with van der Waals surface area (Å²) < 4.78 is 43.0. The van der Waals surface area contributed by atoms with Crippen LogP contribution in [-0.4, -0.2) is 26.1 Å². The Morgan fingerprint density at radius 2 is 1.48 bits per heavy atom. The zero-order valence-electron chi connectivity index (χ0n) is 14.9. The highest BCUT2D eigenvalue weighted by atomic mass is 32.2. The molecule has 1 aliphatic carbocycles. The molecule has 1 fully saturated rings. The van der Waals surface area contributed by atoms with E-state index in [4.69, 9.17) is 4.74 Å². The van der Waals surface area contributed by atoms with Crippen molar-refractivity contribution in [2.75, 3.05) is 6.26 Å². The number of hydrogen-bond acceptors (Lipinski definition) is 4. The molecule has 0 aromatic heterocycles. The van der Waals surface area contributed by atoms with Crippen LogP contribution in [0.1, 0.15) is 36.8 Å². The first-order chi connectivity index (χ1) is 12.8. The number of carbonyl (C=O) groups excluding carboxylic acids is 1. The van der Waals surface area contributed by atoms with Crippen LogP contribution in [0.2, 0.25) is 0 Å². The van der Waals surface area contributed by atoms with E-state index in [1.807, 2.05) is 0 Å². The van der Waals surface area contributed by atoms with Crippen LogP contribution < -0.4 is 0 Å². The van der Waals surface area contributed by atoms with Crippen molar-refractivity contribution in [3.8, 4) is 0 Å². The molecule has 0 bridgehead atoms. The minimum absolute atomic E-state index is 0.0752. The van der Waals surface area contributed by atoms with Crippen molar-refractivity contribution in [2.24, 2.45) is 0 Å². The first-order valence-electron chi connectivity index (χ1n) is 8.85. The molecule has 4 rings (SSSR count). The second-order valence-electron chi connectivity index (χ2n) is 7.14. The van der Waals surface area contributed by atoms with E-state index < -0.39 is 15.4 Å². The Balaban J connectivity index is 1.84. The smallest absolute Gasteiger partial charge is 0.210 e. The molecule has 0 unspecified atom stereocenters. The van der Waals surface area contributed by atoms with Crippen LogP contribution in [0.15, 0.2) is 53.4 Å². The van der Waals surface area contributed by atoms with Crippen molar-refractivity contribution in [2.45, 2.75) is 36.2 Å². The van der Waals surface area contributed by atoms with E-state index in [9.17, 15) is 17.6 Å². The third-order valence-electron chi connectivity index (χ3n) is 5.25. The summed E-state index contributed by atoms with van der Waals surface area (Å²) in [6, 6.07) is 12.1. The molecule has 0 atom stereocenters. The number of ketones is 1. The predicted molar refractivity (Wildman–Crippen MR) is 100 cm³/mol. The second kappa shape index (κ2) is 6.30. The first-order valence-corrected chi connectivity index (χ1v) is 10.7. The number of hydrogen-bond donors (Lipinski definition) is 0. The highest BCUT2D eigenvalue weighted by Crippen LogP contribution is 2.48. The molecule has 0 amide bonds. The van der Waals surface area contributed by atoms with E-state index in [0.29, 0.717) is 35.3 Å². The zero-order chi connectivity index (χ0) is 19.2. The SMILES string of the molecule is CS(=O)(=O)c1ccc(C2=C(c3ccc(F)cc3)C(=O)C3(CCCC3)O2)cc1. The van der Waals surface area contributed by atoms with Gasteiger partial charge in [-0.1, -0.05) is 12.1 Å². The van der Waals surface area contributed by atoms with Crippen molar-refractivity contribution in [1.29, 1.82) is 0 Å². The Morgan fingerprint density at radius 3 is 2.04 bits per heavy atom. The fourth-order valence-corrected chi connectivity index (χ4v) is 4.46. The Kier molecular flexibility index (Phi) is 4.18. The second-order valence-corrected chi connectivity index (χ2v) is 9.16. The summed E-state index contributed by atoms with van der Waals surface area (Å²) in [4.78, 5) is 13.5. The number of carbonyl (C=O) groups is 1. The minimum atomic E-state index is -3.31. The Bertz CT molecular complexity index is 1030. The van der Waals surface area contributed by atoms with E-state index >= 15 is 0 Å². The van der Waals surface area contributed by atoms with Gasteiger partial charge in [0.1, 0.15) is 11.6 Å². The fourth-order valence-electron chi connectivity index (χ4n) is 3.83. The molecule has 2 aromatic rings. The molecule has 0 saturated heterocycles. The third kappa shape index (κ3) is 3.08. The van der Waals surface area contributed by atoms with Crippen LogP contribution in [-0.2, 0) is 19.4 Å². The van der Waals surface area contributed by atoms with Gasteiger partial charge < -0.3 is 4.74 Å². The van der Waals surface area contributed by atoms with E-state index in [1.165, 1.54) is 24.3 Å². The molecule has 140 valence electrons. The third-order valence-corrected chi connectivity index (χ3v) is 6.38. The summed E-state index contributed by atoms with van der Waals surface area (Å²) in [5, 5.41) is 0. The fraction of sp³-hybridized carbons (Fsp3) is 0.286. The summed E-state index contributed by atoms with van der Waals surface area (Å²) in [6.45, 7) is 0. The van der Waals surface area contributed by atoms with Gasteiger partial charge in [-0.15, -0.1) is 0 Å². The van der Waals surface area contributed by atoms with Gasteiger partial charge in [-0.25, -0.2) is 12.8 Å². The highest BCUT2D eigenvalue weighted by Gasteiger charge is 2.51. The molecule has 1 saturated carbocycles. The van der Waals surface area contributed by atoms with Crippen molar-refractivity contribution < 1.29 is 22.3 Å². The quantitative estimate of drug-likeness (QED) is 0.800. The number of ether oxygens (including phenoxy) is 1. The first kappa shape index (κ1) is 17.9. The summed E-state index contributed by atoms with van der Waals surface area (Å²) in [5.41, 5.74) is 0.824. The lowest BCUT2D eigenvalue weighted by atomic mass is 9.89. The highest BCUT2D eigenvalue weighted by molar-refractivity contribution is 7.90. The van der Waals surface area contributed by atoms with Crippen molar-refractivity contribution in [3.05, 3.63) is 65.5 Å². The summed E-state index contributed by atoms with van der Waals surface area (Å²) in [5.74, 6) is -0.0114. The number of rotatable bonds is 3. The molecule has 4 nitrogen and oxygen atoms in total. The number of benzene rings is 2. The number of sulfone groups is 1. The number of halogens is 1. The molecule has 0 radical (unpaired) electrons. The van der Waals surface area contributed by atoms with Gasteiger partial charge in [0.05, 0.1) is 10.5 Å². The van der Waals surface area contributed by atoms with Crippen LogP contribution in [0.3, 0.4) is 0 Å². The van der Waals surface area contributed by atoms with Gasteiger partial charge in [0.2, 0.25) is 5.78 Å². The topological polar surface area (TPSA) is 60.4 Å². The summed E-state index contributed by atoms with van der Waals surface area (Å²) in [6.07, 6.45) is 4.29. The van der Waals surface area contributed by atoms with Gasteiger partial charge in [0, 0.05) is 11.8 Å². The molecule has 2 aromatic carbocycles. The van der Waals surface area contributed by atoms with Gasteiger partial charge in [-0.2, -0.15) is 0 Å². The van der Waals surface area contributed by atoms with Crippen LogP contribution in [0.4, 0.5) is 4.39 Å². The van der Waals surface area contributed by atoms with E-state index in [1.54, 1.807) is 24.3 Å². The lowest BCUT2D eigenvalue weighted by molar-refractivity contribution is -0.127. The monoisotopic (exact) mass is 386 g/mol. The average Bonchev–Trinajstić information content (AvgIpc) is 3.22. The molecule has 6 heteroatoms. The maximum atomic E-state index is 13.4. The molecule has 1 spiro atoms. The lowest BCUT2D eigenvalue weighted by Gasteiger charge is -2.22.